The molecule has 0 aliphatic carbocycles. The van der Waals surface area contributed by atoms with Gasteiger partial charge in [-0.25, -0.2) is 10.9 Å². The van der Waals surface area contributed by atoms with Crippen LogP contribution in [0.5, 0.6) is 0 Å². The first-order valence-electron chi connectivity index (χ1n) is 5.93. The number of nitriles is 1. The summed E-state index contributed by atoms with van der Waals surface area (Å²) in [5.74, 6) is 5.16. The summed E-state index contributed by atoms with van der Waals surface area (Å²) in [5, 5.41) is 12.5. The summed E-state index contributed by atoms with van der Waals surface area (Å²) in [6, 6.07) is 13.6. The number of hydrogen-bond donors (Lipinski definition) is 2. The van der Waals surface area contributed by atoms with Crippen LogP contribution < -0.4 is 11.2 Å². The zero-order valence-electron chi connectivity index (χ0n) is 10.9. The van der Waals surface area contributed by atoms with Gasteiger partial charge in [0.2, 0.25) is 0 Å². The molecule has 1 heterocycles. The zero-order valence-corrected chi connectivity index (χ0v) is 11.7. The number of nitrogens with one attached hydrogen (secondary N) is 1. The Kier molecular flexibility index (Phi) is 4.56. The minimum atomic E-state index is -0.524. The third kappa shape index (κ3) is 3.60. The molecular formula is C14H11N5OS. The van der Waals surface area contributed by atoms with E-state index in [9.17, 15) is 4.79 Å². The van der Waals surface area contributed by atoms with E-state index in [1.54, 1.807) is 42.5 Å². The number of nitrogens with two attached hydrogens (primary N) is 1. The normalized spacial score (nSPS) is 9.52. The highest BCUT2D eigenvalue weighted by Crippen LogP contribution is 2.10. The fraction of sp³-hybridized carbons (Fsp3) is 0. The van der Waals surface area contributed by atoms with E-state index in [0.717, 1.165) is 5.01 Å². The van der Waals surface area contributed by atoms with Crippen molar-refractivity contribution in [3.63, 3.8) is 0 Å². The molecule has 0 fully saturated rings. The predicted octanol–water partition coefficient (Wildman–Crippen LogP) is 1.67. The van der Waals surface area contributed by atoms with E-state index >= 15 is 0 Å². The van der Waals surface area contributed by atoms with Gasteiger partial charge in [-0.15, -0.1) is 0 Å². The Labute approximate surface area is 126 Å². The number of aromatic nitrogens is 1. The Balaban J connectivity index is 2.09. The van der Waals surface area contributed by atoms with Gasteiger partial charge in [0, 0.05) is 11.9 Å². The van der Waals surface area contributed by atoms with Crippen LogP contribution in [0.3, 0.4) is 0 Å². The molecule has 2 aromatic rings. The molecule has 1 aromatic carbocycles. The second-order valence-electron chi connectivity index (χ2n) is 4.01. The second kappa shape index (κ2) is 6.56. The fourth-order valence-electron chi connectivity index (χ4n) is 1.56. The van der Waals surface area contributed by atoms with Gasteiger partial charge in [-0.1, -0.05) is 12.1 Å². The first-order chi connectivity index (χ1) is 10.1. The molecule has 0 aliphatic heterocycles. The van der Waals surface area contributed by atoms with Crippen molar-refractivity contribution in [3.05, 3.63) is 59.9 Å². The summed E-state index contributed by atoms with van der Waals surface area (Å²) in [6.45, 7) is 0. The third-order valence-corrected chi connectivity index (χ3v) is 2.86. The Morgan fingerprint density at radius 3 is 2.81 bits per heavy atom. The van der Waals surface area contributed by atoms with E-state index < -0.39 is 5.91 Å². The van der Waals surface area contributed by atoms with E-state index in [0.29, 0.717) is 11.3 Å². The van der Waals surface area contributed by atoms with Crippen molar-refractivity contribution in [2.75, 3.05) is 5.32 Å². The molecule has 6 nitrogen and oxygen atoms in total. The molecule has 21 heavy (non-hydrogen) atoms. The Bertz CT molecular complexity index is 711. The molecule has 0 radical (unpaired) electrons. The van der Waals surface area contributed by atoms with Crippen molar-refractivity contribution in [2.45, 2.75) is 0 Å². The summed E-state index contributed by atoms with van der Waals surface area (Å²) < 4.78 is 0. The summed E-state index contributed by atoms with van der Waals surface area (Å²) in [5.41, 5.74) is 1.24. The van der Waals surface area contributed by atoms with Crippen molar-refractivity contribution in [1.82, 2.24) is 9.99 Å². The van der Waals surface area contributed by atoms with E-state index in [1.165, 1.54) is 6.20 Å². The largest absolute Gasteiger partial charge is 0.331 e. The van der Waals surface area contributed by atoms with Crippen molar-refractivity contribution < 1.29 is 4.79 Å². The monoisotopic (exact) mass is 297 g/mol. The van der Waals surface area contributed by atoms with Gasteiger partial charge in [0.1, 0.15) is 5.69 Å². The molecule has 2 rings (SSSR count). The molecule has 3 N–H and O–H groups in total. The summed E-state index contributed by atoms with van der Waals surface area (Å²) in [4.78, 5) is 16.0. The lowest BCUT2D eigenvalue weighted by Gasteiger charge is -2.18. The quantitative estimate of drug-likeness (QED) is 0.379. The predicted molar refractivity (Wildman–Crippen MR) is 82.0 cm³/mol. The average Bonchev–Trinajstić information content (AvgIpc) is 2.54. The Morgan fingerprint density at radius 1 is 1.33 bits per heavy atom. The number of carbonyl (C=O) groups is 1. The van der Waals surface area contributed by atoms with Gasteiger partial charge < -0.3 is 5.32 Å². The molecule has 0 unspecified atom stereocenters. The number of thiocarbonyl (C=S) groups is 1. The van der Waals surface area contributed by atoms with Crippen molar-refractivity contribution in [2.24, 2.45) is 5.84 Å². The minimum absolute atomic E-state index is 0.0146. The van der Waals surface area contributed by atoms with Crippen molar-refractivity contribution in [3.8, 4) is 6.07 Å². The highest BCUT2D eigenvalue weighted by Gasteiger charge is 2.17. The van der Waals surface area contributed by atoms with Gasteiger partial charge in [0.05, 0.1) is 11.6 Å². The van der Waals surface area contributed by atoms with Crippen LogP contribution in [0, 0.1) is 11.3 Å². The van der Waals surface area contributed by atoms with Gasteiger partial charge in [0.15, 0.2) is 5.11 Å². The highest BCUT2D eigenvalue weighted by atomic mass is 32.1. The van der Waals surface area contributed by atoms with Crippen LogP contribution in [-0.2, 0) is 0 Å². The van der Waals surface area contributed by atoms with Crippen LogP contribution in [0.4, 0.5) is 5.69 Å². The van der Waals surface area contributed by atoms with Crippen LogP contribution >= 0.6 is 12.2 Å². The van der Waals surface area contributed by atoms with E-state index in [1.807, 2.05) is 6.07 Å². The standard InChI is InChI=1S/C14H11N5OS/c15-9-10-4-3-5-11(8-10)18-14(21)19(16)13(20)12-6-1-2-7-17-12/h1-8H,16H2,(H,18,21). The third-order valence-electron chi connectivity index (χ3n) is 2.56. The molecule has 1 aromatic heterocycles. The number of benzene rings is 1. The van der Waals surface area contributed by atoms with Crippen LogP contribution in [0.2, 0.25) is 0 Å². The SMILES string of the molecule is N#Cc1cccc(NC(=S)N(N)C(=O)c2ccccn2)c1. The van der Waals surface area contributed by atoms with E-state index in [-0.39, 0.29) is 10.8 Å². The van der Waals surface area contributed by atoms with Crippen LogP contribution in [0.25, 0.3) is 0 Å². The molecule has 0 aliphatic rings. The molecule has 0 atom stereocenters. The number of rotatable bonds is 2. The molecule has 7 heteroatoms. The molecule has 0 bridgehead atoms. The molecule has 104 valence electrons. The van der Waals surface area contributed by atoms with Crippen molar-refractivity contribution in [1.29, 1.82) is 5.26 Å². The maximum atomic E-state index is 12.1. The van der Waals surface area contributed by atoms with Gasteiger partial charge in [-0.2, -0.15) is 5.26 Å². The number of amides is 1. The number of nitrogens with zero attached hydrogens (tertiary/aromatic N) is 3. The Morgan fingerprint density at radius 2 is 2.14 bits per heavy atom. The first-order valence-corrected chi connectivity index (χ1v) is 6.34. The topological polar surface area (TPSA) is 95.0 Å². The highest BCUT2D eigenvalue weighted by molar-refractivity contribution is 7.80. The van der Waals surface area contributed by atoms with Gasteiger partial charge >= 0.3 is 0 Å². The number of carbonyl (C=O) groups excluding carboxylic acids is 1. The zero-order chi connectivity index (χ0) is 15.2. The summed E-state index contributed by atoms with van der Waals surface area (Å²) >= 11 is 5.07. The smallest absolute Gasteiger partial charge is 0.292 e. The van der Waals surface area contributed by atoms with Crippen LogP contribution in [-0.4, -0.2) is 21.0 Å². The van der Waals surface area contributed by atoms with Gasteiger partial charge in [0.25, 0.3) is 5.91 Å². The molecular weight excluding hydrogens is 286 g/mol. The average molecular weight is 297 g/mol. The summed E-state index contributed by atoms with van der Waals surface area (Å²) in [7, 11) is 0. The van der Waals surface area contributed by atoms with Crippen molar-refractivity contribution >= 4 is 28.9 Å². The number of hydrazine groups is 1. The molecule has 1 amide bonds. The lowest BCUT2D eigenvalue weighted by atomic mass is 10.2. The minimum Gasteiger partial charge on any atom is -0.331 e. The Hall–Kier alpha value is -2.82. The maximum absolute atomic E-state index is 12.1. The van der Waals surface area contributed by atoms with E-state index in [4.69, 9.17) is 23.3 Å². The first kappa shape index (κ1) is 14.6. The van der Waals surface area contributed by atoms with Crippen LogP contribution in [0.15, 0.2) is 48.7 Å². The number of hydrogen-bond acceptors (Lipinski definition) is 5. The van der Waals surface area contributed by atoms with E-state index in [2.05, 4.69) is 10.3 Å². The number of pyridine rings is 1. The maximum Gasteiger partial charge on any atom is 0.292 e. The summed E-state index contributed by atoms with van der Waals surface area (Å²) in [6.07, 6.45) is 1.49. The number of anilines is 1. The van der Waals surface area contributed by atoms with Gasteiger partial charge in [-0.3, -0.25) is 9.78 Å². The molecule has 0 saturated heterocycles. The molecule has 0 saturated carbocycles. The van der Waals surface area contributed by atoms with Gasteiger partial charge in [-0.05, 0) is 42.5 Å². The molecule has 0 spiro atoms. The lowest BCUT2D eigenvalue weighted by Crippen LogP contribution is -2.45. The lowest BCUT2D eigenvalue weighted by molar-refractivity contribution is 0.0844. The fourth-order valence-corrected chi connectivity index (χ4v) is 1.76. The van der Waals surface area contributed by atoms with Crippen LogP contribution in [0.1, 0.15) is 16.1 Å². The second-order valence-corrected chi connectivity index (χ2v) is 4.40.